The van der Waals surface area contributed by atoms with Crippen LogP contribution in [0, 0.1) is 5.92 Å². The number of Topliss-reactive ketones (excluding diaryl/α,β-unsaturated/α-hetero) is 1. The predicted octanol–water partition coefficient (Wildman–Crippen LogP) is 4.16. The van der Waals surface area contributed by atoms with E-state index in [0.29, 0.717) is 14.8 Å². The summed E-state index contributed by atoms with van der Waals surface area (Å²) < 4.78 is 45.7. The van der Waals surface area contributed by atoms with E-state index in [4.69, 9.17) is 16.3 Å². The maximum absolute atomic E-state index is 13.1. The topological polar surface area (TPSA) is 46.6 Å². The van der Waals surface area contributed by atoms with E-state index in [-0.39, 0.29) is 31.1 Å². The van der Waals surface area contributed by atoms with Gasteiger partial charge in [-0.2, -0.15) is 13.2 Å². The molecule has 4 nitrogen and oxygen atoms in total. The predicted molar refractivity (Wildman–Crippen MR) is 89.4 cm³/mol. The van der Waals surface area contributed by atoms with Crippen LogP contribution in [-0.2, 0) is 15.1 Å². The zero-order chi connectivity index (χ0) is 18.9. The monoisotopic (exact) mass is 407 g/mol. The van der Waals surface area contributed by atoms with Gasteiger partial charge in [-0.3, -0.25) is 9.59 Å². The fraction of sp³-hybridized carbons (Fsp3) is 0.647. The van der Waals surface area contributed by atoms with Crippen LogP contribution in [-0.4, -0.2) is 41.5 Å². The second kappa shape index (κ2) is 5.94. The molecule has 1 aromatic heterocycles. The molecular formula is C17H17ClF3NO3S. The number of ether oxygens (including phenoxy) is 1. The lowest BCUT2D eigenvalue weighted by Crippen LogP contribution is -2.60. The van der Waals surface area contributed by atoms with Crippen molar-refractivity contribution in [1.29, 1.82) is 0 Å². The number of rotatable bonds is 1. The summed E-state index contributed by atoms with van der Waals surface area (Å²) in [5, 5.41) is 0. The highest BCUT2D eigenvalue weighted by molar-refractivity contribution is 7.16. The lowest BCUT2D eigenvalue weighted by atomic mass is 9.77. The number of amides is 1. The summed E-state index contributed by atoms with van der Waals surface area (Å²) in [5.74, 6) is -1.91. The molecule has 142 valence electrons. The Hall–Kier alpha value is -1.12. The van der Waals surface area contributed by atoms with Gasteiger partial charge in [0.2, 0.25) is 0 Å². The second-order valence-electron chi connectivity index (χ2n) is 7.37. The Bertz CT molecular complexity index is 776. The lowest BCUT2D eigenvalue weighted by Gasteiger charge is -2.51. The van der Waals surface area contributed by atoms with E-state index in [1.807, 2.05) is 0 Å². The van der Waals surface area contributed by atoms with Crippen LogP contribution in [0.1, 0.15) is 47.8 Å². The van der Waals surface area contributed by atoms with Gasteiger partial charge >= 0.3 is 12.1 Å². The van der Waals surface area contributed by atoms with Crippen molar-refractivity contribution in [3.63, 3.8) is 0 Å². The first-order valence-corrected chi connectivity index (χ1v) is 9.68. The van der Waals surface area contributed by atoms with Crippen molar-refractivity contribution >= 4 is 34.6 Å². The van der Waals surface area contributed by atoms with Crippen LogP contribution in [0.3, 0.4) is 0 Å². The summed E-state index contributed by atoms with van der Waals surface area (Å²) in [6.07, 6.45) is -2.82. The highest BCUT2D eigenvalue weighted by Crippen LogP contribution is 2.53. The average Bonchev–Trinajstić information content (AvgIpc) is 3.31. The van der Waals surface area contributed by atoms with E-state index in [1.165, 1.54) is 11.3 Å². The molecule has 1 aromatic rings. The number of fused-ring (bicyclic) bond motifs is 2. The van der Waals surface area contributed by atoms with Crippen LogP contribution in [0.15, 0.2) is 6.07 Å². The minimum absolute atomic E-state index is 0.0426. The van der Waals surface area contributed by atoms with Crippen LogP contribution in [0.25, 0.3) is 0 Å². The van der Waals surface area contributed by atoms with Gasteiger partial charge < -0.3 is 9.64 Å². The van der Waals surface area contributed by atoms with Crippen LogP contribution in [0.5, 0.6) is 0 Å². The van der Waals surface area contributed by atoms with E-state index < -0.39 is 29.8 Å². The molecule has 4 rings (SSSR count). The van der Waals surface area contributed by atoms with E-state index in [9.17, 15) is 22.8 Å². The molecule has 2 aliphatic heterocycles. The minimum Gasteiger partial charge on any atom is -0.361 e. The maximum atomic E-state index is 13.1. The molecular weight excluding hydrogens is 391 g/mol. The third-order valence-electron chi connectivity index (χ3n) is 5.54. The van der Waals surface area contributed by atoms with Crippen molar-refractivity contribution < 1.29 is 27.5 Å². The lowest BCUT2D eigenvalue weighted by molar-refractivity contribution is -0.200. The molecule has 2 fully saturated rings. The Balaban J connectivity index is 1.73. The number of piperidine rings is 1. The van der Waals surface area contributed by atoms with E-state index in [2.05, 4.69) is 0 Å². The standard InChI is InChI=1S/C17H17ClF3NO3S/c1-8-5-16(14-10(4-13(18)26-14)12(23)7-25-16)6-11(9-2-3-9)22(8)15(24)17(19,20)21/h4,8-9,11H,2-3,5-7H2,1H3/t8-,11-,16-/m0/s1. The van der Waals surface area contributed by atoms with Crippen LogP contribution < -0.4 is 0 Å². The van der Waals surface area contributed by atoms with Gasteiger partial charge in [-0.15, -0.1) is 11.3 Å². The molecule has 1 saturated carbocycles. The summed E-state index contributed by atoms with van der Waals surface area (Å²) in [6, 6.07) is 0.415. The normalized spacial score (nSPS) is 32.0. The van der Waals surface area contributed by atoms with Crippen molar-refractivity contribution in [3.8, 4) is 0 Å². The zero-order valence-corrected chi connectivity index (χ0v) is 15.5. The van der Waals surface area contributed by atoms with Gasteiger partial charge in [-0.05, 0) is 31.7 Å². The summed E-state index contributed by atoms with van der Waals surface area (Å²) >= 11 is 7.35. The van der Waals surface area contributed by atoms with E-state index >= 15 is 0 Å². The summed E-state index contributed by atoms with van der Waals surface area (Å²) in [6.45, 7) is 1.51. The first-order valence-electron chi connectivity index (χ1n) is 8.49. The highest BCUT2D eigenvalue weighted by atomic mass is 35.5. The minimum atomic E-state index is -4.90. The molecule has 1 spiro atoms. The Morgan fingerprint density at radius 3 is 2.69 bits per heavy atom. The number of ketones is 1. The molecule has 9 heteroatoms. The first kappa shape index (κ1) is 18.3. The summed E-state index contributed by atoms with van der Waals surface area (Å²) in [7, 11) is 0. The van der Waals surface area contributed by atoms with Crippen molar-refractivity contribution in [1.82, 2.24) is 4.90 Å². The number of likely N-dealkylation sites (tertiary alicyclic amines) is 1. The third-order valence-corrected chi connectivity index (χ3v) is 6.98. The van der Waals surface area contributed by atoms with E-state index in [0.717, 1.165) is 17.7 Å². The number of nitrogens with zero attached hydrogens (tertiary/aromatic N) is 1. The smallest absolute Gasteiger partial charge is 0.361 e. The van der Waals surface area contributed by atoms with Crippen molar-refractivity contribution in [2.75, 3.05) is 6.61 Å². The van der Waals surface area contributed by atoms with Crippen LogP contribution in [0.4, 0.5) is 13.2 Å². The number of carbonyl (C=O) groups excluding carboxylic acids is 2. The van der Waals surface area contributed by atoms with Gasteiger partial charge in [0.15, 0.2) is 5.78 Å². The second-order valence-corrected chi connectivity index (χ2v) is 9.06. The number of hydrogen-bond donors (Lipinski definition) is 0. The van der Waals surface area contributed by atoms with Gasteiger partial charge in [-0.25, -0.2) is 0 Å². The van der Waals surface area contributed by atoms with Gasteiger partial charge in [0.05, 0.1) is 4.34 Å². The maximum Gasteiger partial charge on any atom is 0.471 e. The molecule has 0 radical (unpaired) electrons. The molecule has 26 heavy (non-hydrogen) atoms. The van der Waals surface area contributed by atoms with Crippen molar-refractivity contribution in [2.24, 2.45) is 5.92 Å². The number of alkyl halides is 3. The van der Waals surface area contributed by atoms with Gasteiger partial charge in [0.1, 0.15) is 12.2 Å². The van der Waals surface area contributed by atoms with Gasteiger partial charge in [-0.1, -0.05) is 11.6 Å². The van der Waals surface area contributed by atoms with Crippen molar-refractivity contribution in [2.45, 2.75) is 56.5 Å². The molecule has 0 unspecified atom stereocenters. The molecule has 0 bridgehead atoms. The number of hydrogen-bond acceptors (Lipinski definition) is 4. The SMILES string of the molecule is C[C@H]1C[C@@]2(C[C@@H](C3CC3)N1C(=O)C(F)(F)F)OCC(=O)c1cc(Cl)sc12. The number of thiophene rings is 1. The fourth-order valence-electron chi connectivity index (χ4n) is 4.35. The molecule has 0 N–H and O–H groups in total. The van der Waals surface area contributed by atoms with Crippen LogP contribution in [0.2, 0.25) is 4.34 Å². The van der Waals surface area contributed by atoms with E-state index in [1.54, 1.807) is 13.0 Å². The summed E-state index contributed by atoms with van der Waals surface area (Å²) in [4.78, 5) is 25.9. The third kappa shape index (κ3) is 2.86. The molecule has 0 aromatic carbocycles. The zero-order valence-electron chi connectivity index (χ0n) is 13.9. The largest absolute Gasteiger partial charge is 0.471 e. The summed E-state index contributed by atoms with van der Waals surface area (Å²) in [5.41, 5.74) is -0.348. The van der Waals surface area contributed by atoms with Gasteiger partial charge in [0.25, 0.3) is 0 Å². The Morgan fingerprint density at radius 1 is 1.38 bits per heavy atom. The molecule has 3 aliphatic rings. The number of carbonyl (C=O) groups is 2. The quantitative estimate of drug-likeness (QED) is 0.702. The fourth-order valence-corrected chi connectivity index (χ4v) is 5.76. The Morgan fingerprint density at radius 2 is 2.08 bits per heavy atom. The average molecular weight is 408 g/mol. The number of halogens is 4. The molecule has 3 atom stereocenters. The highest BCUT2D eigenvalue weighted by Gasteiger charge is 2.57. The molecule has 1 saturated heterocycles. The molecule has 3 heterocycles. The Labute approximate surface area is 157 Å². The van der Waals surface area contributed by atoms with Gasteiger partial charge in [0, 0.05) is 35.4 Å². The molecule has 1 aliphatic carbocycles. The molecule has 1 amide bonds. The van der Waals surface area contributed by atoms with Crippen LogP contribution >= 0.6 is 22.9 Å². The van der Waals surface area contributed by atoms with Crippen molar-refractivity contribution in [3.05, 3.63) is 20.8 Å². The Kier molecular flexibility index (Phi) is 4.17. The first-order chi connectivity index (χ1) is 12.1.